The van der Waals surface area contributed by atoms with Gasteiger partial charge in [0, 0.05) is 12.8 Å². The van der Waals surface area contributed by atoms with Crippen LogP contribution in [0.25, 0.3) is 0 Å². The summed E-state index contributed by atoms with van der Waals surface area (Å²) in [5.74, 6) is 0.571. The fraction of sp³-hybridized carbons (Fsp3) is 0.400. The minimum atomic E-state index is -3.62. The van der Waals surface area contributed by atoms with Crippen LogP contribution in [0.1, 0.15) is 6.92 Å². The first-order valence-electron chi connectivity index (χ1n) is 4.54. The standard InChI is InChI=1S/C10H17NO3S2/c1-5-10(7-6-9(2)8-15)16(12,13)11(3)14-4/h5-7,15H,1,8H2,2-4H3/b9-6+,10-7+. The highest BCUT2D eigenvalue weighted by Gasteiger charge is 2.20. The molecule has 0 amide bonds. The largest absolute Gasteiger partial charge is 0.288 e. The highest BCUT2D eigenvalue weighted by Crippen LogP contribution is 2.13. The van der Waals surface area contributed by atoms with Gasteiger partial charge >= 0.3 is 0 Å². The van der Waals surface area contributed by atoms with Gasteiger partial charge in [0.25, 0.3) is 10.0 Å². The fourth-order valence-corrected chi connectivity index (χ4v) is 1.83. The molecule has 4 nitrogen and oxygen atoms in total. The maximum absolute atomic E-state index is 11.8. The van der Waals surface area contributed by atoms with Gasteiger partial charge in [-0.1, -0.05) is 22.7 Å². The molecule has 0 spiro atoms. The Hall–Kier alpha value is -0.560. The van der Waals surface area contributed by atoms with Gasteiger partial charge in [0.1, 0.15) is 0 Å². The van der Waals surface area contributed by atoms with E-state index in [1.165, 1.54) is 26.3 Å². The molecule has 0 heterocycles. The maximum Gasteiger partial charge on any atom is 0.264 e. The van der Waals surface area contributed by atoms with Crippen LogP contribution in [0.5, 0.6) is 0 Å². The average Bonchev–Trinajstić information content (AvgIpc) is 2.27. The highest BCUT2D eigenvalue weighted by molar-refractivity contribution is 7.93. The quantitative estimate of drug-likeness (QED) is 0.451. The van der Waals surface area contributed by atoms with Crippen molar-refractivity contribution in [3.8, 4) is 0 Å². The normalized spacial score (nSPS) is 14.3. The van der Waals surface area contributed by atoms with Crippen molar-refractivity contribution >= 4 is 22.7 Å². The summed E-state index contributed by atoms with van der Waals surface area (Å²) in [5.41, 5.74) is 0.956. The Morgan fingerprint density at radius 2 is 2.06 bits per heavy atom. The van der Waals surface area contributed by atoms with Crippen LogP contribution in [0.3, 0.4) is 0 Å². The van der Waals surface area contributed by atoms with Crippen LogP contribution in [0.2, 0.25) is 0 Å². The van der Waals surface area contributed by atoms with E-state index in [-0.39, 0.29) is 4.91 Å². The molecule has 0 bridgehead atoms. The highest BCUT2D eigenvalue weighted by atomic mass is 32.2. The van der Waals surface area contributed by atoms with Crippen molar-refractivity contribution in [2.75, 3.05) is 19.9 Å². The molecule has 0 aliphatic carbocycles. The first-order valence-corrected chi connectivity index (χ1v) is 6.61. The summed E-state index contributed by atoms with van der Waals surface area (Å²) in [5, 5.41) is 0. The summed E-state index contributed by atoms with van der Waals surface area (Å²) in [6.07, 6.45) is 4.43. The Balaban J connectivity index is 5.24. The molecule has 0 unspecified atom stereocenters. The number of hydroxylamine groups is 1. The second kappa shape index (κ2) is 6.90. The zero-order valence-electron chi connectivity index (χ0n) is 9.67. The van der Waals surface area contributed by atoms with E-state index in [9.17, 15) is 8.42 Å². The van der Waals surface area contributed by atoms with Crippen LogP contribution >= 0.6 is 12.6 Å². The minimum Gasteiger partial charge on any atom is -0.288 e. The van der Waals surface area contributed by atoms with E-state index >= 15 is 0 Å². The lowest BCUT2D eigenvalue weighted by Crippen LogP contribution is -2.26. The Morgan fingerprint density at radius 1 is 1.50 bits per heavy atom. The fourth-order valence-electron chi connectivity index (χ4n) is 0.783. The van der Waals surface area contributed by atoms with E-state index in [0.717, 1.165) is 10.0 Å². The Labute approximate surface area is 103 Å². The monoisotopic (exact) mass is 263 g/mol. The molecule has 92 valence electrons. The lowest BCUT2D eigenvalue weighted by atomic mass is 10.3. The van der Waals surface area contributed by atoms with E-state index in [4.69, 9.17) is 0 Å². The lowest BCUT2D eigenvalue weighted by molar-refractivity contribution is -0.0247. The van der Waals surface area contributed by atoms with Crippen molar-refractivity contribution < 1.29 is 13.3 Å². The van der Waals surface area contributed by atoms with Gasteiger partial charge < -0.3 is 0 Å². The molecule has 0 radical (unpaired) electrons. The Kier molecular flexibility index (Phi) is 6.66. The molecule has 0 aromatic heterocycles. The molecule has 0 atom stereocenters. The third kappa shape index (κ3) is 4.13. The van der Waals surface area contributed by atoms with Crippen LogP contribution in [0.15, 0.2) is 35.3 Å². The summed E-state index contributed by atoms with van der Waals surface area (Å²) >= 11 is 4.07. The smallest absolute Gasteiger partial charge is 0.264 e. The minimum absolute atomic E-state index is 0.0815. The van der Waals surface area contributed by atoms with Gasteiger partial charge in [-0.25, -0.2) is 8.42 Å². The first kappa shape index (κ1) is 15.4. The van der Waals surface area contributed by atoms with Crippen LogP contribution in [0.4, 0.5) is 0 Å². The molecule has 0 saturated carbocycles. The molecule has 16 heavy (non-hydrogen) atoms. The number of hydrogen-bond donors (Lipinski definition) is 1. The zero-order valence-corrected chi connectivity index (χ0v) is 11.4. The molecular weight excluding hydrogens is 246 g/mol. The number of sulfonamides is 1. The molecule has 0 fully saturated rings. The predicted octanol–water partition coefficient (Wildman–Crippen LogP) is 1.76. The van der Waals surface area contributed by atoms with Gasteiger partial charge in [-0.3, -0.25) is 4.84 Å². The van der Waals surface area contributed by atoms with E-state index in [1.807, 2.05) is 6.92 Å². The third-order valence-corrected chi connectivity index (χ3v) is 4.10. The topological polar surface area (TPSA) is 46.6 Å². The van der Waals surface area contributed by atoms with Crippen molar-refractivity contribution in [2.45, 2.75) is 6.92 Å². The number of allylic oxidation sites excluding steroid dienone is 3. The zero-order chi connectivity index (χ0) is 12.8. The molecule has 0 N–H and O–H groups in total. The number of nitrogens with zero attached hydrogens (tertiary/aromatic N) is 1. The van der Waals surface area contributed by atoms with E-state index in [2.05, 4.69) is 24.0 Å². The van der Waals surface area contributed by atoms with Gasteiger partial charge in [-0.2, -0.15) is 12.6 Å². The van der Waals surface area contributed by atoms with Crippen LogP contribution < -0.4 is 0 Å². The number of hydrogen-bond acceptors (Lipinski definition) is 4. The Bertz CT molecular complexity index is 396. The molecule has 0 aliphatic heterocycles. The van der Waals surface area contributed by atoms with Crippen LogP contribution in [-0.2, 0) is 14.9 Å². The van der Waals surface area contributed by atoms with Crippen molar-refractivity contribution in [3.63, 3.8) is 0 Å². The van der Waals surface area contributed by atoms with Crippen LogP contribution in [0, 0.1) is 0 Å². The van der Waals surface area contributed by atoms with Crippen molar-refractivity contribution in [3.05, 3.63) is 35.3 Å². The first-order chi connectivity index (χ1) is 7.39. The summed E-state index contributed by atoms with van der Waals surface area (Å²) in [6.45, 7) is 5.33. The lowest BCUT2D eigenvalue weighted by Gasteiger charge is -2.14. The molecule has 6 heteroatoms. The second-order valence-corrected chi connectivity index (χ2v) is 5.29. The molecular formula is C10H17NO3S2. The van der Waals surface area contributed by atoms with Gasteiger partial charge in [-0.05, 0) is 19.1 Å². The summed E-state index contributed by atoms with van der Waals surface area (Å²) in [4.78, 5) is 4.73. The van der Waals surface area contributed by atoms with E-state index in [1.54, 1.807) is 6.08 Å². The molecule has 0 aromatic rings. The molecule has 0 aliphatic rings. The molecule has 0 aromatic carbocycles. The summed E-state index contributed by atoms with van der Waals surface area (Å²) in [7, 11) is -1.01. The van der Waals surface area contributed by atoms with Crippen molar-refractivity contribution in [1.82, 2.24) is 4.47 Å². The van der Waals surface area contributed by atoms with Gasteiger partial charge in [0.05, 0.1) is 12.0 Å². The van der Waals surface area contributed by atoms with Gasteiger partial charge in [0.15, 0.2) is 0 Å². The van der Waals surface area contributed by atoms with E-state index in [0.29, 0.717) is 5.75 Å². The second-order valence-electron chi connectivity index (χ2n) is 3.04. The predicted molar refractivity (Wildman–Crippen MR) is 69.6 cm³/mol. The number of rotatable bonds is 6. The van der Waals surface area contributed by atoms with Crippen LogP contribution in [-0.4, -0.2) is 32.8 Å². The molecule has 0 saturated heterocycles. The van der Waals surface area contributed by atoms with Crippen molar-refractivity contribution in [1.29, 1.82) is 0 Å². The van der Waals surface area contributed by atoms with Gasteiger partial charge in [0.2, 0.25) is 0 Å². The summed E-state index contributed by atoms with van der Waals surface area (Å²) in [6, 6.07) is 0. The Morgan fingerprint density at radius 3 is 2.44 bits per heavy atom. The molecule has 0 rings (SSSR count). The average molecular weight is 263 g/mol. The summed E-state index contributed by atoms with van der Waals surface area (Å²) < 4.78 is 24.4. The maximum atomic E-state index is 11.8. The van der Waals surface area contributed by atoms with Gasteiger partial charge in [-0.15, -0.1) is 0 Å². The third-order valence-electron chi connectivity index (χ3n) is 1.88. The number of thiol groups is 1. The van der Waals surface area contributed by atoms with E-state index < -0.39 is 10.0 Å². The van der Waals surface area contributed by atoms with Crippen molar-refractivity contribution in [2.24, 2.45) is 0 Å². The SMILES string of the molecule is C=C/C(=C\C=C(/C)CS)S(=O)(=O)N(C)OC.